The van der Waals surface area contributed by atoms with Gasteiger partial charge in [0.25, 0.3) is 11.8 Å². The van der Waals surface area contributed by atoms with Crippen LogP contribution in [-0.4, -0.2) is 62.9 Å². The summed E-state index contributed by atoms with van der Waals surface area (Å²) < 4.78 is 0. The molecule has 478 valence electrons. The molecule has 0 aliphatic carbocycles. The quantitative estimate of drug-likeness (QED) is 0.0414. The zero-order valence-corrected chi connectivity index (χ0v) is 57.8. The maximum absolute atomic E-state index is 16.2. The normalized spacial score (nSPS) is 14.2. The lowest BCUT2D eigenvalue weighted by Gasteiger charge is -2.29. The summed E-state index contributed by atoms with van der Waals surface area (Å²) in [7, 11) is 8.36. The van der Waals surface area contributed by atoms with E-state index >= 15 is 9.59 Å². The molecule has 4 heterocycles. The number of hydrogen-bond acceptors (Lipinski definition) is 6. The fourth-order valence-corrected chi connectivity index (χ4v) is 15.6. The molecule has 2 aromatic carbocycles. The molecule has 2 aliphatic rings. The van der Waals surface area contributed by atoms with Crippen LogP contribution in [0.25, 0.3) is 32.3 Å². The van der Waals surface area contributed by atoms with Gasteiger partial charge in [-0.1, -0.05) is 283 Å². The molecule has 4 aromatic rings. The summed E-state index contributed by atoms with van der Waals surface area (Å²) in [5.74, 6) is 0.808. The lowest BCUT2D eigenvalue weighted by molar-refractivity contribution is -0.124. The highest BCUT2D eigenvalue weighted by Gasteiger charge is 2.50. The van der Waals surface area contributed by atoms with E-state index in [0.29, 0.717) is 36.1 Å². The third-order valence-electron chi connectivity index (χ3n) is 18.9. The number of benzene rings is 2. The van der Waals surface area contributed by atoms with Crippen molar-refractivity contribution in [3.05, 3.63) is 93.7 Å². The van der Waals surface area contributed by atoms with Crippen molar-refractivity contribution in [3.8, 4) is 20.9 Å². The van der Waals surface area contributed by atoms with E-state index in [4.69, 9.17) is 0 Å². The molecule has 0 fully saturated rings. The van der Waals surface area contributed by atoms with Crippen molar-refractivity contribution in [1.82, 2.24) is 9.80 Å². The lowest BCUT2D eigenvalue weighted by atomic mass is 9.93. The van der Waals surface area contributed by atoms with E-state index < -0.39 is 0 Å². The van der Waals surface area contributed by atoms with Crippen molar-refractivity contribution < 1.29 is 9.59 Å². The van der Waals surface area contributed by atoms with Crippen LogP contribution in [0.15, 0.2) is 83.9 Å². The molecule has 0 saturated carbocycles. The molecule has 2 unspecified atom stereocenters. The largest absolute Gasteiger partial charge is 0.378 e. The van der Waals surface area contributed by atoms with E-state index in [0.717, 1.165) is 67.7 Å². The van der Waals surface area contributed by atoms with Gasteiger partial charge in [0.05, 0.1) is 32.3 Å². The Balaban J connectivity index is 1.37. The van der Waals surface area contributed by atoms with Crippen LogP contribution in [0.5, 0.6) is 0 Å². The molecule has 86 heavy (non-hydrogen) atoms. The summed E-state index contributed by atoms with van der Waals surface area (Å²) in [4.78, 5) is 45.4. The number of amides is 2. The predicted octanol–water partition coefficient (Wildman–Crippen LogP) is 24.0. The first-order chi connectivity index (χ1) is 42.1. The molecule has 2 aliphatic heterocycles. The van der Waals surface area contributed by atoms with E-state index in [2.05, 4.69) is 148 Å². The second-order valence-electron chi connectivity index (χ2n) is 26.7. The summed E-state index contributed by atoms with van der Waals surface area (Å²) >= 11 is 3.50. The average molecular weight is 1210 g/mol. The highest BCUT2D eigenvalue weighted by atomic mass is 32.1. The lowest BCUT2D eigenvalue weighted by Crippen LogP contribution is -2.34. The van der Waals surface area contributed by atoms with E-state index in [1.165, 1.54) is 243 Å². The molecule has 2 amide bonds. The first kappa shape index (κ1) is 70.9. The van der Waals surface area contributed by atoms with Gasteiger partial charge in [0.15, 0.2) is 0 Å². The van der Waals surface area contributed by atoms with Crippen LogP contribution in [0, 0.1) is 11.8 Å². The van der Waals surface area contributed by atoms with Gasteiger partial charge >= 0.3 is 0 Å². The van der Waals surface area contributed by atoms with Gasteiger partial charge in [-0.25, -0.2) is 0 Å². The maximum atomic E-state index is 16.2. The van der Waals surface area contributed by atoms with Crippen LogP contribution in [0.3, 0.4) is 0 Å². The Labute approximate surface area is 535 Å². The minimum Gasteiger partial charge on any atom is -0.378 e. The number of thiophene rings is 2. The van der Waals surface area contributed by atoms with Crippen LogP contribution in [0.1, 0.15) is 294 Å². The highest BCUT2D eigenvalue weighted by molar-refractivity contribution is 7.17. The number of anilines is 2. The molecule has 2 atom stereocenters. The minimum absolute atomic E-state index is 0.0368. The summed E-state index contributed by atoms with van der Waals surface area (Å²) in [6.45, 7) is 10.5. The molecule has 6 nitrogen and oxygen atoms in total. The van der Waals surface area contributed by atoms with Gasteiger partial charge in [-0.2, -0.15) is 0 Å². The number of rotatable bonds is 50. The summed E-state index contributed by atoms with van der Waals surface area (Å²) in [5, 5.41) is 0. The molecule has 6 rings (SSSR count). The van der Waals surface area contributed by atoms with Crippen LogP contribution in [0.2, 0.25) is 0 Å². The Morgan fingerprint density at radius 2 is 0.547 bits per heavy atom. The molecule has 2 aromatic heterocycles. The fourth-order valence-electron chi connectivity index (χ4n) is 13.5. The summed E-state index contributed by atoms with van der Waals surface area (Å²) in [6.07, 6.45) is 51.7. The number of hydrogen-bond donors (Lipinski definition) is 0. The van der Waals surface area contributed by atoms with Gasteiger partial charge in [0, 0.05) is 62.4 Å². The van der Waals surface area contributed by atoms with Gasteiger partial charge in [0.2, 0.25) is 0 Å². The third kappa shape index (κ3) is 23.3. The van der Waals surface area contributed by atoms with E-state index in [1.54, 1.807) is 22.7 Å². The van der Waals surface area contributed by atoms with Crippen molar-refractivity contribution in [3.63, 3.8) is 0 Å². The average Bonchev–Trinajstić information content (AvgIpc) is 1.58. The second kappa shape index (κ2) is 41.2. The van der Waals surface area contributed by atoms with E-state index in [-0.39, 0.29) is 11.8 Å². The SMILES string of the molecule is CCCCCCCCCCCCC(CCCCCCCCCC)CN1C(=O)C2=C(c3ccc(-c4ccc(N(C)C)cc4)s3)N(CC(CCCCCCCCCC)CCCCCCCCCCCC)C(=O)C2=C1c1ccc(-c2ccc(N(C)C)cc2)s1. The Bertz CT molecular complexity index is 2370. The smallest absolute Gasteiger partial charge is 0.261 e. The Morgan fingerprint density at radius 1 is 0.314 bits per heavy atom. The summed E-state index contributed by atoms with van der Waals surface area (Å²) in [6, 6.07) is 26.6. The van der Waals surface area contributed by atoms with Gasteiger partial charge in [-0.15, -0.1) is 22.7 Å². The van der Waals surface area contributed by atoms with Crippen LogP contribution < -0.4 is 9.80 Å². The molecular weight excluding hydrogens is 1090 g/mol. The maximum Gasteiger partial charge on any atom is 0.261 e. The topological polar surface area (TPSA) is 47.1 Å². The zero-order chi connectivity index (χ0) is 61.1. The molecule has 0 bridgehead atoms. The van der Waals surface area contributed by atoms with Crippen molar-refractivity contribution in [2.24, 2.45) is 11.8 Å². The molecule has 0 N–H and O–H groups in total. The van der Waals surface area contributed by atoms with Crippen molar-refractivity contribution in [2.75, 3.05) is 51.1 Å². The molecule has 8 heteroatoms. The Kier molecular flexibility index (Phi) is 34.0. The number of nitrogens with zero attached hydrogens (tertiary/aromatic N) is 4. The van der Waals surface area contributed by atoms with Crippen LogP contribution in [-0.2, 0) is 9.59 Å². The minimum atomic E-state index is 0.0368. The Hall–Kier alpha value is -4.14. The zero-order valence-electron chi connectivity index (χ0n) is 56.2. The number of unbranched alkanes of at least 4 members (excludes halogenated alkanes) is 32. The van der Waals surface area contributed by atoms with E-state index in [1.807, 2.05) is 0 Å². The third-order valence-corrected chi connectivity index (χ3v) is 21.2. The van der Waals surface area contributed by atoms with Crippen molar-refractivity contribution >= 4 is 57.3 Å². The first-order valence-electron chi connectivity index (χ1n) is 36.0. The standard InChI is InChI=1S/C78H122N4O2S2/c1-9-13-17-21-25-29-31-35-39-43-47-63(45-41-37-33-27-23-19-15-11-3)61-81-75(71-59-57-69(85-71)65-49-53-67(54-50-65)79(5)6)73-74(77(81)83)76(72-60-58-70(86-72)66-51-55-68(56-52-66)80(7)8)82(78(73)84)62-64(46-42-38-34-28-24-20-16-12-4)48-44-40-36-32-30-26-22-18-14-10-2/h49-60,63-64H,9-48,61-62H2,1-8H3. The van der Waals surface area contributed by atoms with Gasteiger partial charge in [0.1, 0.15) is 0 Å². The number of fused-ring (bicyclic) bond motifs is 1. The second-order valence-corrected chi connectivity index (χ2v) is 28.9. The number of carbonyl (C=O) groups is 2. The van der Waals surface area contributed by atoms with Crippen LogP contribution >= 0.6 is 22.7 Å². The fraction of sp³-hybridized carbons (Fsp3) is 0.667. The number of carbonyl (C=O) groups excluding carboxylic acids is 2. The highest BCUT2D eigenvalue weighted by Crippen LogP contribution is 2.51. The monoisotopic (exact) mass is 1210 g/mol. The summed E-state index contributed by atoms with van der Waals surface area (Å²) in [5.41, 5.74) is 7.71. The van der Waals surface area contributed by atoms with Crippen molar-refractivity contribution in [1.29, 1.82) is 0 Å². The predicted molar refractivity (Wildman–Crippen MR) is 380 cm³/mol. The van der Waals surface area contributed by atoms with Gasteiger partial charge < -0.3 is 19.6 Å². The molecule has 0 radical (unpaired) electrons. The van der Waals surface area contributed by atoms with Gasteiger partial charge in [-0.05, 0) is 97.2 Å². The van der Waals surface area contributed by atoms with Crippen molar-refractivity contribution in [2.45, 2.75) is 285 Å². The first-order valence-corrected chi connectivity index (χ1v) is 37.6. The molecule has 0 spiro atoms. The van der Waals surface area contributed by atoms with Crippen LogP contribution in [0.4, 0.5) is 11.4 Å². The van der Waals surface area contributed by atoms with Gasteiger partial charge in [-0.3, -0.25) is 9.59 Å². The molecule has 0 saturated heterocycles. The van der Waals surface area contributed by atoms with E-state index in [9.17, 15) is 0 Å². The Morgan fingerprint density at radius 3 is 0.791 bits per heavy atom. The molecular formula is C78H122N4O2S2.